The van der Waals surface area contributed by atoms with Crippen LogP contribution in [0.15, 0.2) is 354 Å². The van der Waals surface area contributed by atoms with Gasteiger partial charge in [0.05, 0.1) is 55.1 Å². The molecule has 0 bridgehead atoms. The van der Waals surface area contributed by atoms with E-state index in [-0.39, 0.29) is 99.5 Å². The van der Waals surface area contributed by atoms with E-state index in [0.29, 0.717) is 83.4 Å². The highest BCUT2D eigenvalue weighted by Crippen LogP contribution is 2.54. The van der Waals surface area contributed by atoms with Gasteiger partial charge >= 0.3 is 22.5 Å². The minimum absolute atomic E-state index is 0.0238. The fourth-order valence-corrected chi connectivity index (χ4v) is 24.3. The molecule has 1 saturated carbocycles. The lowest BCUT2D eigenvalue weighted by atomic mass is 9.68. The maximum atomic E-state index is 14.1. The summed E-state index contributed by atoms with van der Waals surface area (Å²) in [5, 5.41) is 46.7. The molecular formula is C111H82BrClF3N5O19S4. The van der Waals surface area contributed by atoms with Crippen molar-refractivity contribution in [3.8, 4) is 45.9 Å². The average Bonchev–Trinajstić information content (AvgIpc) is 1.54. The molecule has 5 aliphatic rings. The summed E-state index contributed by atoms with van der Waals surface area (Å²) in [6.45, 7) is 4.01. The summed E-state index contributed by atoms with van der Waals surface area (Å²) in [5.41, 5.74) is 3.90. The van der Waals surface area contributed by atoms with Crippen molar-refractivity contribution in [2.45, 2.75) is 121 Å². The van der Waals surface area contributed by atoms with Crippen molar-refractivity contribution in [3.05, 3.63) is 404 Å². The Hall–Kier alpha value is -14.6. The minimum atomic E-state index is -0.742. The number of benzene rings is 11. The van der Waals surface area contributed by atoms with Crippen LogP contribution in [0, 0.1) is 17.5 Å². The number of fused-ring (bicyclic) bond motifs is 13. The maximum absolute atomic E-state index is 14.1. The third-order valence-corrected chi connectivity index (χ3v) is 31.7. The molecule has 11 aromatic carbocycles. The quantitative estimate of drug-likeness (QED) is 0.0580. The number of hydrogen-bond donors (Lipinski definition) is 4. The van der Waals surface area contributed by atoms with Crippen LogP contribution in [0.5, 0.6) is 40.2 Å². The molecule has 724 valence electrons. The van der Waals surface area contributed by atoms with E-state index in [0.717, 1.165) is 159 Å². The zero-order valence-electron chi connectivity index (χ0n) is 76.5. The van der Waals surface area contributed by atoms with Gasteiger partial charge in [-0.1, -0.05) is 179 Å². The van der Waals surface area contributed by atoms with Crippen LogP contribution >= 0.6 is 74.6 Å². The number of pyridine rings is 4. The number of rotatable bonds is 18. The van der Waals surface area contributed by atoms with E-state index < -0.39 is 73.2 Å². The first kappa shape index (κ1) is 95.5. The predicted molar refractivity (Wildman–Crippen MR) is 553 cm³/mol. The Labute approximate surface area is 844 Å². The molecule has 1 saturated heterocycles. The summed E-state index contributed by atoms with van der Waals surface area (Å²) in [6, 6.07) is 71.2. The van der Waals surface area contributed by atoms with Gasteiger partial charge < -0.3 is 56.9 Å². The Morgan fingerprint density at radius 1 is 0.438 bits per heavy atom. The van der Waals surface area contributed by atoms with Gasteiger partial charge in [0.15, 0.2) is 39.7 Å². The number of para-hydroxylation sites is 3. The van der Waals surface area contributed by atoms with Crippen molar-refractivity contribution in [2.24, 2.45) is 0 Å². The smallest absolute Gasteiger partial charge is 0.354 e. The molecule has 2 unspecified atom stereocenters. The number of halogens is 5. The SMILES string of the molecule is COc1ccc(Cn2c(=O)c3c(O)c(Sc4cccc(Br)c4)c(=O)oc3c3ccccc32)cc1.COc1ccc(Sc2c(O)c3c(=O)n4c5c(cccc5c3oc2=O)CC4c2ccc(F)cc2)cc1.O=c1oc2c(c(O)c1Sc1cccc(Cl)c1)c(=O)n1c3c(cccc23)CC1c1ccc(F)cc1.O=c1oc2cc3n(c(=O)c2c(O)c1Sc1ccc(F)cc1)-c1ccc(OCCN2CCCC2)cc1C31CCCCC1. The number of likely N-dealkylation sites (tertiary alicyclic amines) is 1. The molecule has 4 aliphatic heterocycles. The second kappa shape index (κ2) is 39.6. The van der Waals surface area contributed by atoms with Gasteiger partial charge in [-0.3, -0.25) is 37.8 Å². The van der Waals surface area contributed by atoms with Gasteiger partial charge in [-0.05, 0) is 249 Å². The Bertz CT molecular complexity index is 8960. The third-order valence-electron chi connectivity index (χ3n) is 26.8. The molecule has 0 radical (unpaired) electrons. The largest absolute Gasteiger partial charge is 0.505 e. The molecule has 1 aliphatic carbocycles. The van der Waals surface area contributed by atoms with Crippen LogP contribution in [-0.4, -0.2) is 84.1 Å². The number of nitrogens with zero attached hydrogens (tertiary/aromatic N) is 5. The van der Waals surface area contributed by atoms with Crippen LogP contribution in [0.25, 0.3) is 82.3 Å². The van der Waals surface area contributed by atoms with Gasteiger partial charge in [0.25, 0.3) is 22.2 Å². The second-order valence-corrected chi connectivity index (χ2v) is 40.9. The van der Waals surface area contributed by atoms with Crippen molar-refractivity contribution in [3.63, 3.8) is 0 Å². The number of methoxy groups -OCH3 is 2. The van der Waals surface area contributed by atoms with Crippen molar-refractivity contribution >= 4 is 151 Å². The van der Waals surface area contributed by atoms with E-state index in [1.807, 2.05) is 84.9 Å². The monoisotopic (exact) mass is 2090 g/mol. The number of ether oxygens (including phenoxy) is 3. The number of aromatic hydroxyl groups is 4. The normalized spacial score (nSPS) is 14.7. The Balaban J connectivity index is 0.000000114. The predicted octanol–water partition coefficient (Wildman–Crippen LogP) is 22.9. The number of hydrogen-bond acceptors (Lipinski definition) is 24. The number of aromatic nitrogens is 4. The molecule has 0 amide bonds. The van der Waals surface area contributed by atoms with Crippen LogP contribution < -0.4 is 59.0 Å². The first-order chi connectivity index (χ1) is 69.8. The fourth-order valence-electron chi connectivity index (χ4n) is 20.1. The zero-order chi connectivity index (χ0) is 99.8. The summed E-state index contributed by atoms with van der Waals surface area (Å²) < 4.78 is 87.0. The molecular weight excluding hydrogens is 2010 g/mol. The molecule has 2 atom stereocenters. The van der Waals surface area contributed by atoms with E-state index in [4.69, 9.17) is 43.5 Å². The highest BCUT2D eigenvalue weighted by molar-refractivity contribution is 9.10. The van der Waals surface area contributed by atoms with Gasteiger partial charge in [0.2, 0.25) is 0 Å². The van der Waals surface area contributed by atoms with E-state index in [1.165, 1.54) is 61.4 Å². The molecule has 24 nitrogen and oxygen atoms in total. The van der Waals surface area contributed by atoms with Crippen LogP contribution in [0.4, 0.5) is 13.2 Å². The minimum Gasteiger partial charge on any atom is -0.505 e. The van der Waals surface area contributed by atoms with Crippen molar-refractivity contribution in [1.29, 1.82) is 0 Å². The van der Waals surface area contributed by atoms with Crippen molar-refractivity contribution in [2.75, 3.05) is 40.5 Å². The lowest BCUT2D eigenvalue weighted by Gasteiger charge is -2.34. The standard InChI is InChI=1S/C32H31FN2O5S.C27H18FNO5S.C26H18BrNO5S.C26H15ClFNO4S/c33-20-6-9-22(10-7-20)41-29-28(36)27-25(40-31(29)38)19-26-32(12-2-1-3-13-32)23-18-21(8-11-24(23)35(26)30(27)37)39-17-16-34-14-4-5-15-34;1-33-17-9-11-18(12-10-17)35-25-23(30)21-24(34-27(25)32)19-4-2-3-15-13-20(29(22(15)19)26(21)31)14-5-7-16(28)8-6-14;1-32-17-11-9-15(10-12-17)14-28-20-8-3-2-7-19(20)23-21(25(28)30)22(29)24(26(31)33-23)34-18-6-4-5-16(27)13-18;27-15-4-2-5-17(12-15)34-24-22(30)20-23(33-26(24)32)18-6-1-3-14-11-19(29(21(14)18)25(20)31)13-7-9-16(28)10-8-13/h6-11,18-19,36H,1-5,12-17H2;2-12,20,30H,13H2,1H3;2-13,29H,14H2,1H3;1-10,12,19,30H,11H2. The molecule has 33 heteroatoms. The summed E-state index contributed by atoms with van der Waals surface area (Å²) in [7, 11) is 3.15. The van der Waals surface area contributed by atoms with Gasteiger partial charge in [-0.25, -0.2) is 32.3 Å². The third kappa shape index (κ3) is 17.8. The van der Waals surface area contributed by atoms with Crippen LogP contribution in [0.2, 0.25) is 5.02 Å². The van der Waals surface area contributed by atoms with E-state index in [1.54, 1.807) is 148 Å². The van der Waals surface area contributed by atoms with Crippen LogP contribution in [-0.2, 0) is 24.8 Å². The van der Waals surface area contributed by atoms with E-state index in [9.17, 15) is 72.0 Å². The second-order valence-electron chi connectivity index (χ2n) is 35.2. The van der Waals surface area contributed by atoms with E-state index in [2.05, 4.69) is 26.9 Å². The van der Waals surface area contributed by atoms with Crippen LogP contribution in [0.1, 0.15) is 96.1 Å². The fraction of sp³-hybridized carbons (Fsp3) is 0.171. The topological polar surface area (TPSA) is 321 Å². The molecule has 19 aromatic rings. The lowest BCUT2D eigenvalue weighted by Crippen LogP contribution is -2.31. The summed E-state index contributed by atoms with van der Waals surface area (Å²) in [5.74, 6) is -0.622. The Kier molecular flexibility index (Phi) is 26.3. The summed E-state index contributed by atoms with van der Waals surface area (Å²) in [6.07, 6.45) is 8.43. The van der Waals surface area contributed by atoms with Gasteiger partial charge in [0, 0.05) is 69.0 Å². The molecule has 1 spiro atoms. The molecule has 2 fully saturated rings. The Morgan fingerprint density at radius 2 is 0.889 bits per heavy atom. The van der Waals surface area contributed by atoms with Crippen molar-refractivity contribution in [1.82, 2.24) is 23.2 Å². The summed E-state index contributed by atoms with van der Waals surface area (Å²) >= 11 is 13.4. The zero-order valence-corrected chi connectivity index (χ0v) is 82.1. The Morgan fingerprint density at radius 3 is 1.42 bits per heavy atom. The average molecular weight is 2090 g/mol. The van der Waals surface area contributed by atoms with Crippen LogP contribution in [0.3, 0.4) is 0 Å². The molecule has 4 N–H and O–H groups in total. The van der Waals surface area contributed by atoms with Gasteiger partial charge in [0.1, 0.15) is 88.0 Å². The maximum Gasteiger partial charge on any atom is 0.354 e. The van der Waals surface area contributed by atoms with Gasteiger partial charge in [-0.2, -0.15) is 0 Å². The highest BCUT2D eigenvalue weighted by Gasteiger charge is 2.47. The van der Waals surface area contributed by atoms with Crippen molar-refractivity contribution < 1.29 is 65.5 Å². The molecule has 12 heterocycles. The summed E-state index contributed by atoms with van der Waals surface area (Å²) in [4.78, 5) is 112. The molecule has 144 heavy (non-hydrogen) atoms. The molecule has 8 aromatic heterocycles. The van der Waals surface area contributed by atoms with Gasteiger partial charge in [-0.15, -0.1) is 0 Å². The molecule has 24 rings (SSSR count). The lowest BCUT2D eigenvalue weighted by molar-refractivity contribution is 0.237. The first-order valence-electron chi connectivity index (χ1n) is 46.0. The van der Waals surface area contributed by atoms with E-state index >= 15 is 0 Å². The first-order valence-corrected chi connectivity index (χ1v) is 50.5. The highest BCUT2D eigenvalue weighted by atomic mass is 79.9.